The van der Waals surface area contributed by atoms with Gasteiger partial charge >= 0.3 is 0 Å². The quantitative estimate of drug-likeness (QED) is 0.454. The van der Waals surface area contributed by atoms with Gasteiger partial charge in [0.1, 0.15) is 5.75 Å². The van der Waals surface area contributed by atoms with E-state index in [2.05, 4.69) is 15.6 Å². The van der Waals surface area contributed by atoms with Crippen molar-refractivity contribution in [2.75, 3.05) is 17.2 Å². The number of amides is 1. The molecule has 0 radical (unpaired) electrons. The van der Waals surface area contributed by atoms with Gasteiger partial charge in [0.25, 0.3) is 11.5 Å². The maximum Gasteiger partial charge on any atom is 0.263 e. The van der Waals surface area contributed by atoms with Crippen molar-refractivity contribution in [2.45, 2.75) is 6.04 Å². The Morgan fingerprint density at radius 2 is 2.00 bits per heavy atom. The molecule has 31 heavy (non-hydrogen) atoms. The molecular weight excluding hydrogens is 416 g/mol. The van der Waals surface area contributed by atoms with Gasteiger partial charge in [-0.25, -0.2) is 4.98 Å². The van der Waals surface area contributed by atoms with Crippen LogP contribution in [0.3, 0.4) is 0 Å². The number of aromatic nitrogens is 2. The van der Waals surface area contributed by atoms with Gasteiger partial charge in [0, 0.05) is 17.8 Å². The van der Waals surface area contributed by atoms with Crippen molar-refractivity contribution in [3.8, 4) is 5.75 Å². The molecule has 1 aromatic heterocycles. The molecule has 1 atom stereocenters. The molecule has 0 saturated carbocycles. The number of anilines is 2. The number of phenols is 1. The normalized spacial score (nSPS) is 14.8. The molecule has 0 saturated heterocycles. The lowest BCUT2D eigenvalue weighted by Crippen LogP contribution is -2.28. The first-order chi connectivity index (χ1) is 15.0. The summed E-state index contributed by atoms with van der Waals surface area (Å²) in [5, 5.41) is 16.1. The molecule has 1 unspecified atom stereocenters. The molecule has 1 amide bonds. The predicted molar refractivity (Wildman–Crippen MR) is 120 cm³/mol. The molecular formula is C23H17ClN4O3. The number of para-hydroxylation sites is 1. The second-order valence-corrected chi connectivity index (χ2v) is 7.67. The number of carbonyl (C=O) groups excluding carboxylic acids is 1. The van der Waals surface area contributed by atoms with E-state index >= 15 is 0 Å². The zero-order valence-electron chi connectivity index (χ0n) is 16.2. The van der Waals surface area contributed by atoms with Crippen molar-refractivity contribution in [1.29, 1.82) is 0 Å². The Labute approximate surface area is 181 Å². The van der Waals surface area contributed by atoms with Crippen LogP contribution in [0, 0.1) is 0 Å². The second-order valence-electron chi connectivity index (χ2n) is 7.26. The average molecular weight is 433 g/mol. The van der Waals surface area contributed by atoms with Gasteiger partial charge in [0.05, 0.1) is 34.0 Å². The van der Waals surface area contributed by atoms with Crippen molar-refractivity contribution >= 4 is 39.8 Å². The lowest BCUT2D eigenvalue weighted by Gasteiger charge is -2.16. The highest BCUT2D eigenvalue weighted by Crippen LogP contribution is 2.32. The fraction of sp³-hybridized carbons (Fsp3) is 0.0870. The topological polar surface area (TPSA) is 96.3 Å². The largest absolute Gasteiger partial charge is 0.506 e. The fourth-order valence-electron chi connectivity index (χ4n) is 3.86. The van der Waals surface area contributed by atoms with Crippen LogP contribution in [0.4, 0.5) is 11.4 Å². The van der Waals surface area contributed by atoms with E-state index in [4.69, 9.17) is 11.6 Å². The minimum absolute atomic E-state index is 0.0713. The highest BCUT2D eigenvalue weighted by atomic mass is 35.5. The summed E-state index contributed by atoms with van der Waals surface area (Å²) in [6.07, 6.45) is 1.55. The van der Waals surface area contributed by atoms with E-state index in [0.29, 0.717) is 23.1 Å². The number of fused-ring (bicyclic) bond motifs is 2. The zero-order valence-corrected chi connectivity index (χ0v) is 16.9. The molecule has 7 nitrogen and oxygen atoms in total. The monoisotopic (exact) mass is 432 g/mol. The Hall–Kier alpha value is -3.84. The van der Waals surface area contributed by atoms with Crippen molar-refractivity contribution in [2.24, 2.45) is 0 Å². The molecule has 1 aliphatic heterocycles. The van der Waals surface area contributed by atoms with Gasteiger partial charge in [-0.15, -0.1) is 0 Å². The van der Waals surface area contributed by atoms with Crippen LogP contribution in [-0.4, -0.2) is 27.1 Å². The van der Waals surface area contributed by atoms with E-state index in [9.17, 15) is 14.7 Å². The highest BCUT2D eigenvalue weighted by molar-refractivity contribution is 6.32. The van der Waals surface area contributed by atoms with Crippen molar-refractivity contribution in [3.63, 3.8) is 0 Å². The number of carbonyl (C=O) groups is 1. The van der Waals surface area contributed by atoms with Gasteiger partial charge in [0.15, 0.2) is 0 Å². The van der Waals surface area contributed by atoms with Gasteiger partial charge in [-0.05, 0) is 42.0 Å². The molecule has 0 spiro atoms. The number of halogens is 1. The summed E-state index contributed by atoms with van der Waals surface area (Å²) >= 11 is 5.92. The highest BCUT2D eigenvalue weighted by Gasteiger charge is 2.25. The Balaban J connectivity index is 1.57. The SMILES string of the molecule is O=C(Nc1cccc2ncn(C3CNc4ccccc43)c(=O)c12)c1ccc(O)c(Cl)c1. The molecule has 0 aliphatic carbocycles. The van der Waals surface area contributed by atoms with E-state index in [1.165, 1.54) is 18.2 Å². The fourth-order valence-corrected chi connectivity index (χ4v) is 4.04. The maximum atomic E-state index is 13.5. The number of hydrogen-bond donors (Lipinski definition) is 3. The molecule has 0 bridgehead atoms. The number of hydrogen-bond acceptors (Lipinski definition) is 5. The van der Waals surface area contributed by atoms with Crippen molar-refractivity contribution in [3.05, 3.63) is 93.5 Å². The summed E-state index contributed by atoms with van der Waals surface area (Å²) < 4.78 is 1.59. The van der Waals surface area contributed by atoms with E-state index in [1.54, 1.807) is 29.1 Å². The summed E-state index contributed by atoms with van der Waals surface area (Å²) in [5.41, 5.74) is 2.88. The van der Waals surface area contributed by atoms with Crippen LogP contribution in [0.1, 0.15) is 22.0 Å². The third-order valence-electron chi connectivity index (χ3n) is 5.41. The van der Waals surface area contributed by atoms with Gasteiger partial charge < -0.3 is 15.7 Å². The third-order valence-corrected chi connectivity index (χ3v) is 5.71. The van der Waals surface area contributed by atoms with Crippen LogP contribution >= 0.6 is 11.6 Å². The summed E-state index contributed by atoms with van der Waals surface area (Å²) in [6, 6.07) is 16.9. The van der Waals surface area contributed by atoms with Crippen LogP contribution in [0.5, 0.6) is 5.75 Å². The number of aromatic hydroxyl groups is 1. The molecule has 3 N–H and O–H groups in total. The average Bonchev–Trinajstić information content (AvgIpc) is 3.20. The van der Waals surface area contributed by atoms with Crippen LogP contribution in [-0.2, 0) is 0 Å². The van der Waals surface area contributed by atoms with Gasteiger partial charge in [-0.3, -0.25) is 14.2 Å². The first kappa shape index (κ1) is 19.1. The van der Waals surface area contributed by atoms with Crippen LogP contribution in [0.2, 0.25) is 5.02 Å². The molecule has 8 heteroatoms. The minimum Gasteiger partial charge on any atom is -0.506 e. The summed E-state index contributed by atoms with van der Waals surface area (Å²) in [7, 11) is 0. The Morgan fingerprint density at radius 1 is 1.16 bits per heavy atom. The Morgan fingerprint density at radius 3 is 2.84 bits per heavy atom. The van der Waals surface area contributed by atoms with Crippen molar-refractivity contribution in [1.82, 2.24) is 9.55 Å². The molecule has 4 aromatic rings. The van der Waals surface area contributed by atoms with E-state index in [-0.39, 0.29) is 27.9 Å². The number of nitrogens with one attached hydrogen (secondary N) is 2. The van der Waals surface area contributed by atoms with E-state index < -0.39 is 5.91 Å². The summed E-state index contributed by atoms with van der Waals surface area (Å²) in [4.78, 5) is 30.7. The summed E-state index contributed by atoms with van der Waals surface area (Å²) in [6.45, 7) is 0.576. The number of nitrogens with zero attached hydrogens (tertiary/aromatic N) is 2. The van der Waals surface area contributed by atoms with Crippen LogP contribution in [0.25, 0.3) is 10.9 Å². The lowest BCUT2D eigenvalue weighted by molar-refractivity contribution is 0.102. The standard InChI is InChI=1S/C23H17ClN4O3/c24-15-10-13(8-9-20(15)29)22(30)27-18-7-3-6-17-21(18)23(31)28(12-26-17)19-11-25-16-5-2-1-4-14(16)19/h1-10,12,19,25,29H,11H2,(H,27,30). The van der Waals surface area contributed by atoms with Gasteiger partial charge in [-0.2, -0.15) is 0 Å². The van der Waals surface area contributed by atoms with Crippen molar-refractivity contribution < 1.29 is 9.90 Å². The molecule has 1 aliphatic rings. The molecule has 0 fully saturated rings. The second kappa shape index (κ2) is 7.45. The number of benzene rings is 3. The number of rotatable bonds is 3. The molecule has 2 heterocycles. The third kappa shape index (κ3) is 3.29. The zero-order chi connectivity index (χ0) is 21.5. The Bertz CT molecular complexity index is 1400. The Kier molecular flexibility index (Phi) is 4.60. The van der Waals surface area contributed by atoms with Crippen LogP contribution in [0.15, 0.2) is 71.8 Å². The van der Waals surface area contributed by atoms with E-state index in [1.807, 2.05) is 24.3 Å². The number of phenolic OH excluding ortho intramolecular Hbond substituents is 1. The van der Waals surface area contributed by atoms with E-state index in [0.717, 1.165) is 11.3 Å². The summed E-state index contributed by atoms with van der Waals surface area (Å²) in [5.74, 6) is -0.557. The first-order valence-electron chi connectivity index (χ1n) is 9.65. The smallest absolute Gasteiger partial charge is 0.263 e. The minimum atomic E-state index is -0.447. The molecule has 3 aromatic carbocycles. The molecule has 5 rings (SSSR count). The van der Waals surface area contributed by atoms with Gasteiger partial charge in [0.2, 0.25) is 0 Å². The predicted octanol–water partition coefficient (Wildman–Crippen LogP) is 4.02. The lowest BCUT2D eigenvalue weighted by atomic mass is 10.1. The van der Waals surface area contributed by atoms with Gasteiger partial charge in [-0.1, -0.05) is 35.9 Å². The van der Waals surface area contributed by atoms with Crippen LogP contribution < -0.4 is 16.2 Å². The maximum absolute atomic E-state index is 13.5. The first-order valence-corrected chi connectivity index (χ1v) is 10.0. The molecule has 154 valence electrons.